The van der Waals surface area contributed by atoms with Crippen molar-refractivity contribution in [3.8, 4) is 0 Å². The van der Waals surface area contributed by atoms with Gasteiger partial charge < -0.3 is 10.1 Å². The minimum Gasteiger partial charge on any atom is -0.466 e. The summed E-state index contributed by atoms with van der Waals surface area (Å²) in [6.45, 7) is 4.23. The Morgan fingerprint density at radius 2 is 2.00 bits per heavy atom. The Morgan fingerprint density at radius 3 is 2.71 bits per heavy atom. The predicted molar refractivity (Wildman–Crippen MR) is 124 cm³/mol. The number of alkyl halides is 3. The van der Waals surface area contributed by atoms with Gasteiger partial charge in [-0.3, -0.25) is 4.79 Å². The molecule has 6 nitrogen and oxygen atoms in total. The molecule has 2 aliphatic rings. The number of nitrogens with zero attached hydrogens (tertiary/aromatic N) is 3. The smallest absolute Gasteiger partial charge is 0.433 e. The molecule has 2 aromatic rings. The van der Waals surface area contributed by atoms with E-state index in [1.807, 2.05) is 26.1 Å². The van der Waals surface area contributed by atoms with Crippen LogP contribution in [0.15, 0.2) is 36.2 Å². The second-order valence-electron chi connectivity index (χ2n) is 8.69. The van der Waals surface area contributed by atoms with Crippen LogP contribution in [-0.2, 0) is 15.7 Å². The van der Waals surface area contributed by atoms with E-state index >= 15 is 0 Å². The molecule has 0 aromatic carbocycles. The van der Waals surface area contributed by atoms with Gasteiger partial charge in [0.25, 0.3) is 0 Å². The van der Waals surface area contributed by atoms with Crippen molar-refractivity contribution in [2.45, 2.75) is 64.1 Å². The van der Waals surface area contributed by atoms with Crippen LogP contribution in [0.1, 0.15) is 67.4 Å². The fourth-order valence-corrected chi connectivity index (χ4v) is 5.52. The second-order valence-corrected chi connectivity index (χ2v) is 9.76. The lowest BCUT2D eigenvalue weighted by Gasteiger charge is -2.25. The highest BCUT2D eigenvalue weighted by molar-refractivity contribution is 7.12. The predicted octanol–water partition coefficient (Wildman–Crippen LogP) is 6.00. The number of carbonyl (C=O) groups is 1. The van der Waals surface area contributed by atoms with E-state index in [1.54, 1.807) is 11.3 Å². The molecule has 4 rings (SSSR count). The number of thiazole rings is 1. The van der Waals surface area contributed by atoms with Crippen molar-refractivity contribution in [3.05, 3.63) is 51.8 Å². The molecule has 1 N–H and O–H groups in total. The average molecular weight is 493 g/mol. The molecular formula is C24H27F3N4O2S. The minimum atomic E-state index is -4.52. The lowest BCUT2D eigenvalue weighted by molar-refractivity contribution is -0.149. The van der Waals surface area contributed by atoms with Crippen molar-refractivity contribution < 1.29 is 22.7 Å². The number of nitrogens with one attached hydrogen (secondary N) is 1. The normalized spacial score (nSPS) is 23.1. The van der Waals surface area contributed by atoms with Gasteiger partial charge >= 0.3 is 12.1 Å². The van der Waals surface area contributed by atoms with Crippen LogP contribution in [-0.4, -0.2) is 33.6 Å². The first-order valence-electron chi connectivity index (χ1n) is 11.4. The quantitative estimate of drug-likeness (QED) is 0.498. The van der Waals surface area contributed by atoms with Crippen molar-refractivity contribution in [1.82, 2.24) is 15.0 Å². The van der Waals surface area contributed by atoms with E-state index in [1.165, 1.54) is 0 Å². The van der Waals surface area contributed by atoms with E-state index in [0.717, 1.165) is 59.0 Å². The third-order valence-electron chi connectivity index (χ3n) is 6.09. The van der Waals surface area contributed by atoms with E-state index < -0.39 is 11.9 Å². The molecular weight excluding hydrogens is 465 g/mol. The molecule has 2 aromatic heterocycles. The van der Waals surface area contributed by atoms with Crippen molar-refractivity contribution in [1.29, 1.82) is 0 Å². The summed E-state index contributed by atoms with van der Waals surface area (Å²) in [5.41, 5.74) is 1.12. The van der Waals surface area contributed by atoms with Crippen molar-refractivity contribution >= 4 is 28.8 Å². The summed E-state index contributed by atoms with van der Waals surface area (Å²) in [7, 11) is 0. The molecule has 0 saturated heterocycles. The van der Waals surface area contributed by atoms with Crippen LogP contribution in [0.5, 0.6) is 0 Å². The summed E-state index contributed by atoms with van der Waals surface area (Å²) >= 11 is 1.63. The molecule has 1 atom stereocenters. The lowest BCUT2D eigenvalue weighted by Crippen LogP contribution is -2.23. The third kappa shape index (κ3) is 5.84. The van der Waals surface area contributed by atoms with Crippen LogP contribution < -0.4 is 5.32 Å². The molecule has 0 amide bonds. The monoisotopic (exact) mass is 492 g/mol. The Hall–Kier alpha value is -2.75. The zero-order chi connectivity index (χ0) is 24.3. The first kappa shape index (κ1) is 24.4. The molecule has 0 spiro atoms. The van der Waals surface area contributed by atoms with Crippen LogP contribution in [0, 0.1) is 5.92 Å². The van der Waals surface area contributed by atoms with Gasteiger partial charge in [0.1, 0.15) is 5.69 Å². The van der Waals surface area contributed by atoms with Gasteiger partial charge in [-0.25, -0.2) is 15.0 Å². The van der Waals surface area contributed by atoms with Crippen LogP contribution in [0.4, 0.5) is 19.1 Å². The molecule has 2 aliphatic carbocycles. The van der Waals surface area contributed by atoms with Gasteiger partial charge in [-0.1, -0.05) is 17.7 Å². The number of carbonyl (C=O) groups excluding carboxylic acids is 1. The molecule has 0 bridgehead atoms. The number of rotatable bonds is 6. The van der Waals surface area contributed by atoms with E-state index in [4.69, 9.17) is 4.74 Å². The lowest BCUT2D eigenvalue weighted by atomic mass is 9.82. The van der Waals surface area contributed by atoms with Gasteiger partial charge in [-0.2, -0.15) is 13.2 Å². The second kappa shape index (κ2) is 10.2. The summed E-state index contributed by atoms with van der Waals surface area (Å²) in [5, 5.41) is 4.08. The summed E-state index contributed by atoms with van der Waals surface area (Å²) in [4.78, 5) is 25.2. The zero-order valence-electron chi connectivity index (χ0n) is 19.1. The number of ether oxygens (including phenoxy) is 1. The van der Waals surface area contributed by atoms with Gasteiger partial charge in [0.05, 0.1) is 28.5 Å². The summed E-state index contributed by atoms with van der Waals surface area (Å²) in [6, 6.07) is 0.631. The van der Waals surface area contributed by atoms with Crippen LogP contribution in [0.2, 0.25) is 0 Å². The maximum absolute atomic E-state index is 13.0. The standard InChI is InChI=1S/C24H27F3N4O2S/c1-3-33-22(32)16-6-4-15(5-7-16)21-29-13-19(34-21)17-10-14(2)11-18(12-17)30-23-28-9-8-20(31-23)24(25,26)27/h8-10,12-13,15-16,18H,3-7,11H2,1-2H3,(H,28,30,31). The highest BCUT2D eigenvalue weighted by atomic mass is 32.1. The maximum Gasteiger partial charge on any atom is 0.433 e. The number of aromatic nitrogens is 3. The van der Waals surface area contributed by atoms with Crippen LogP contribution >= 0.6 is 11.3 Å². The van der Waals surface area contributed by atoms with Gasteiger partial charge in [-0.05, 0) is 57.6 Å². The molecule has 0 aliphatic heterocycles. The minimum absolute atomic E-state index is 0.0211. The summed E-state index contributed by atoms with van der Waals surface area (Å²) < 4.78 is 44.1. The number of esters is 1. The molecule has 2 heterocycles. The maximum atomic E-state index is 13.0. The summed E-state index contributed by atoms with van der Waals surface area (Å²) in [6.07, 6.45) is 6.60. The number of hydrogen-bond acceptors (Lipinski definition) is 7. The largest absolute Gasteiger partial charge is 0.466 e. The Balaban J connectivity index is 1.44. The number of halogens is 3. The highest BCUT2D eigenvalue weighted by Crippen LogP contribution is 2.40. The topological polar surface area (TPSA) is 77.0 Å². The van der Waals surface area contributed by atoms with Gasteiger partial charge in [0.2, 0.25) is 5.95 Å². The average Bonchev–Trinajstić information content (AvgIpc) is 3.29. The SMILES string of the molecule is CCOC(=O)C1CCC(c2ncc(C3=CC(Nc4nccc(C(F)(F)F)n4)CC(C)=C3)s2)CC1. The van der Waals surface area contributed by atoms with Crippen LogP contribution in [0.25, 0.3) is 5.57 Å². The van der Waals surface area contributed by atoms with Gasteiger partial charge in [0, 0.05) is 18.3 Å². The van der Waals surface area contributed by atoms with Crippen LogP contribution in [0.3, 0.4) is 0 Å². The Kier molecular flexibility index (Phi) is 7.35. The molecule has 1 fully saturated rings. The first-order valence-corrected chi connectivity index (χ1v) is 12.2. The van der Waals surface area contributed by atoms with E-state index in [9.17, 15) is 18.0 Å². The Morgan fingerprint density at radius 1 is 1.24 bits per heavy atom. The van der Waals surface area contributed by atoms with E-state index in [2.05, 4.69) is 26.3 Å². The third-order valence-corrected chi connectivity index (χ3v) is 7.30. The van der Waals surface area contributed by atoms with Crippen molar-refractivity contribution in [2.24, 2.45) is 5.92 Å². The Bertz CT molecular complexity index is 1090. The Labute approximate surface area is 200 Å². The molecule has 0 radical (unpaired) electrons. The fourth-order valence-electron chi connectivity index (χ4n) is 4.44. The number of allylic oxidation sites excluding steroid dienone is 2. The molecule has 1 saturated carbocycles. The molecule has 182 valence electrons. The van der Waals surface area contributed by atoms with Gasteiger partial charge in [0.15, 0.2) is 0 Å². The van der Waals surface area contributed by atoms with Crippen molar-refractivity contribution in [3.63, 3.8) is 0 Å². The number of hydrogen-bond donors (Lipinski definition) is 1. The molecule has 1 unspecified atom stereocenters. The fraction of sp³-hybridized carbons (Fsp3) is 0.500. The van der Waals surface area contributed by atoms with E-state index in [-0.39, 0.29) is 23.9 Å². The van der Waals surface area contributed by atoms with Crippen molar-refractivity contribution in [2.75, 3.05) is 11.9 Å². The first-order chi connectivity index (χ1) is 16.2. The molecule has 10 heteroatoms. The van der Waals surface area contributed by atoms with Gasteiger partial charge in [-0.15, -0.1) is 11.3 Å². The highest BCUT2D eigenvalue weighted by Gasteiger charge is 2.33. The number of anilines is 1. The zero-order valence-corrected chi connectivity index (χ0v) is 19.9. The van der Waals surface area contributed by atoms with E-state index in [0.29, 0.717) is 18.9 Å². The summed E-state index contributed by atoms with van der Waals surface area (Å²) in [5.74, 6) is 0.156. The molecule has 34 heavy (non-hydrogen) atoms.